The Kier molecular flexibility index (Phi) is 3.59. The fourth-order valence-corrected chi connectivity index (χ4v) is 1.81. The molecule has 1 heterocycles. The third-order valence-electron chi connectivity index (χ3n) is 2.44. The normalized spacial score (nSPS) is 12.2. The number of halogens is 1. The first-order chi connectivity index (χ1) is 8.16. The molecular weight excluding hydrogens is 234 g/mol. The van der Waals surface area contributed by atoms with Crippen molar-refractivity contribution in [2.75, 3.05) is 5.32 Å². The zero-order valence-corrected chi connectivity index (χ0v) is 10.6. The van der Waals surface area contributed by atoms with Crippen molar-refractivity contribution in [3.8, 4) is 0 Å². The smallest absolute Gasteiger partial charge is 0.153 e. The monoisotopic (exact) mass is 247 g/mol. The van der Waals surface area contributed by atoms with Crippen molar-refractivity contribution in [2.45, 2.75) is 19.2 Å². The van der Waals surface area contributed by atoms with Gasteiger partial charge in [0.2, 0.25) is 0 Å². The Labute approximate surface area is 106 Å². The number of aryl methyl sites for hydroxylation is 1. The van der Waals surface area contributed by atoms with Gasteiger partial charge in [0.1, 0.15) is 0 Å². The number of benzene rings is 1. The molecule has 0 bridgehead atoms. The zero-order chi connectivity index (χ0) is 12.3. The summed E-state index contributed by atoms with van der Waals surface area (Å²) in [6.07, 6.45) is 1.72. The molecule has 17 heavy (non-hydrogen) atoms. The quantitative estimate of drug-likeness (QED) is 0.838. The number of hydrogen-bond acceptors (Lipinski definition) is 3. The molecular formula is C13H14ClN3. The third kappa shape index (κ3) is 2.94. The lowest BCUT2D eigenvalue weighted by atomic mass is 10.1. The summed E-state index contributed by atoms with van der Waals surface area (Å²) in [5.41, 5.74) is 3.09. The minimum atomic E-state index is -0.0449. The van der Waals surface area contributed by atoms with E-state index in [1.807, 2.05) is 44.2 Å². The van der Waals surface area contributed by atoms with Crippen LogP contribution in [0.15, 0.2) is 36.5 Å². The molecule has 0 spiro atoms. The molecule has 1 N–H and O–H groups in total. The van der Waals surface area contributed by atoms with E-state index in [1.165, 1.54) is 0 Å². The van der Waals surface area contributed by atoms with E-state index in [4.69, 9.17) is 11.6 Å². The molecule has 0 aliphatic rings. The largest absolute Gasteiger partial charge is 0.338 e. The molecule has 0 amide bonds. The lowest BCUT2D eigenvalue weighted by Crippen LogP contribution is -1.99. The molecule has 1 aromatic carbocycles. The van der Waals surface area contributed by atoms with Crippen LogP contribution in [0.4, 0.5) is 11.5 Å². The zero-order valence-electron chi connectivity index (χ0n) is 9.81. The van der Waals surface area contributed by atoms with E-state index in [9.17, 15) is 0 Å². The molecule has 0 saturated heterocycles. The van der Waals surface area contributed by atoms with Crippen LogP contribution in [0.2, 0.25) is 0 Å². The molecule has 2 rings (SSSR count). The van der Waals surface area contributed by atoms with Crippen molar-refractivity contribution in [1.29, 1.82) is 0 Å². The minimum absolute atomic E-state index is 0.0449. The number of hydrogen-bond donors (Lipinski definition) is 1. The van der Waals surface area contributed by atoms with Gasteiger partial charge in [0.25, 0.3) is 0 Å². The number of para-hydroxylation sites is 1. The van der Waals surface area contributed by atoms with Crippen LogP contribution in [0.3, 0.4) is 0 Å². The van der Waals surface area contributed by atoms with Gasteiger partial charge in [-0.3, -0.25) is 0 Å². The van der Waals surface area contributed by atoms with Crippen molar-refractivity contribution < 1.29 is 0 Å². The molecule has 4 heteroatoms. The van der Waals surface area contributed by atoms with Gasteiger partial charge in [0.15, 0.2) is 5.82 Å². The van der Waals surface area contributed by atoms with Gasteiger partial charge in [0, 0.05) is 5.69 Å². The molecule has 1 unspecified atom stereocenters. The molecule has 0 radical (unpaired) electrons. The lowest BCUT2D eigenvalue weighted by Gasteiger charge is -2.12. The first kappa shape index (κ1) is 11.9. The SMILES string of the molecule is Cc1cnnc(Nc2ccccc2C(C)Cl)c1. The molecule has 88 valence electrons. The van der Waals surface area contributed by atoms with Gasteiger partial charge in [-0.15, -0.1) is 16.7 Å². The summed E-state index contributed by atoms with van der Waals surface area (Å²) in [5.74, 6) is 0.731. The van der Waals surface area contributed by atoms with Crippen molar-refractivity contribution in [2.24, 2.45) is 0 Å². The molecule has 0 saturated carbocycles. The molecule has 0 aliphatic heterocycles. The summed E-state index contributed by atoms with van der Waals surface area (Å²) in [6.45, 7) is 3.93. The van der Waals surface area contributed by atoms with E-state index in [2.05, 4.69) is 15.5 Å². The number of alkyl halides is 1. The van der Waals surface area contributed by atoms with Crippen LogP contribution in [-0.4, -0.2) is 10.2 Å². The van der Waals surface area contributed by atoms with E-state index >= 15 is 0 Å². The highest BCUT2D eigenvalue weighted by atomic mass is 35.5. The number of nitrogens with one attached hydrogen (secondary N) is 1. The third-order valence-corrected chi connectivity index (χ3v) is 2.68. The topological polar surface area (TPSA) is 37.8 Å². The highest BCUT2D eigenvalue weighted by Gasteiger charge is 2.07. The van der Waals surface area contributed by atoms with E-state index in [0.717, 1.165) is 22.6 Å². The number of nitrogens with zero attached hydrogens (tertiary/aromatic N) is 2. The fraction of sp³-hybridized carbons (Fsp3) is 0.231. The average Bonchev–Trinajstić information content (AvgIpc) is 2.29. The van der Waals surface area contributed by atoms with Crippen LogP contribution in [-0.2, 0) is 0 Å². The van der Waals surface area contributed by atoms with Crippen molar-refractivity contribution >= 4 is 23.1 Å². The predicted octanol–water partition coefficient (Wildman–Crippen LogP) is 3.83. The van der Waals surface area contributed by atoms with E-state index in [1.54, 1.807) is 6.20 Å². The maximum Gasteiger partial charge on any atom is 0.153 e. The number of rotatable bonds is 3. The second-order valence-electron chi connectivity index (χ2n) is 3.95. The van der Waals surface area contributed by atoms with Crippen molar-refractivity contribution in [3.63, 3.8) is 0 Å². The number of aromatic nitrogens is 2. The average molecular weight is 248 g/mol. The van der Waals surface area contributed by atoms with Crippen LogP contribution < -0.4 is 5.32 Å². The van der Waals surface area contributed by atoms with E-state index < -0.39 is 0 Å². The van der Waals surface area contributed by atoms with Gasteiger partial charge in [-0.1, -0.05) is 18.2 Å². The maximum atomic E-state index is 6.13. The highest BCUT2D eigenvalue weighted by Crippen LogP contribution is 2.28. The van der Waals surface area contributed by atoms with Gasteiger partial charge < -0.3 is 5.32 Å². The molecule has 3 nitrogen and oxygen atoms in total. The Morgan fingerprint density at radius 1 is 1.29 bits per heavy atom. The summed E-state index contributed by atoms with van der Waals surface area (Å²) >= 11 is 6.13. The summed E-state index contributed by atoms with van der Waals surface area (Å²) in [5, 5.41) is 11.1. The Morgan fingerprint density at radius 3 is 2.76 bits per heavy atom. The van der Waals surface area contributed by atoms with E-state index in [0.29, 0.717) is 0 Å². The van der Waals surface area contributed by atoms with Crippen LogP contribution in [0.25, 0.3) is 0 Å². The van der Waals surface area contributed by atoms with E-state index in [-0.39, 0.29) is 5.38 Å². The Morgan fingerprint density at radius 2 is 2.06 bits per heavy atom. The van der Waals surface area contributed by atoms with Gasteiger partial charge in [-0.2, -0.15) is 5.10 Å². The Bertz CT molecular complexity index is 512. The molecule has 0 aliphatic carbocycles. The maximum absolute atomic E-state index is 6.13. The van der Waals surface area contributed by atoms with Gasteiger partial charge in [-0.05, 0) is 37.1 Å². The van der Waals surface area contributed by atoms with Crippen LogP contribution >= 0.6 is 11.6 Å². The minimum Gasteiger partial charge on any atom is -0.338 e. The summed E-state index contributed by atoms with van der Waals surface area (Å²) < 4.78 is 0. The summed E-state index contributed by atoms with van der Waals surface area (Å²) in [4.78, 5) is 0. The molecule has 2 aromatic rings. The summed E-state index contributed by atoms with van der Waals surface area (Å²) in [7, 11) is 0. The van der Waals surface area contributed by atoms with Gasteiger partial charge >= 0.3 is 0 Å². The van der Waals surface area contributed by atoms with Crippen molar-refractivity contribution in [1.82, 2.24) is 10.2 Å². The molecule has 1 atom stereocenters. The first-order valence-corrected chi connectivity index (χ1v) is 5.90. The Balaban J connectivity index is 2.30. The lowest BCUT2D eigenvalue weighted by molar-refractivity contribution is 1.02. The highest BCUT2D eigenvalue weighted by molar-refractivity contribution is 6.21. The van der Waals surface area contributed by atoms with Crippen LogP contribution in [0, 0.1) is 6.92 Å². The summed E-state index contributed by atoms with van der Waals surface area (Å²) in [6, 6.07) is 9.87. The number of anilines is 2. The Hall–Kier alpha value is -1.61. The van der Waals surface area contributed by atoms with Crippen LogP contribution in [0.5, 0.6) is 0 Å². The van der Waals surface area contributed by atoms with Crippen LogP contribution in [0.1, 0.15) is 23.4 Å². The molecule has 0 fully saturated rings. The standard InChI is InChI=1S/C13H14ClN3/c1-9-7-13(17-15-8-9)16-12-6-4-3-5-11(12)10(2)14/h3-8,10H,1-2H3,(H,16,17). The van der Waals surface area contributed by atoms with Gasteiger partial charge in [-0.25, -0.2) is 0 Å². The second kappa shape index (κ2) is 5.15. The van der Waals surface area contributed by atoms with Crippen molar-refractivity contribution in [3.05, 3.63) is 47.7 Å². The predicted molar refractivity (Wildman–Crippen MR) is 70.8 cm³/mol. The fourth-order valence-electron chi connectivity index (χ4n) is 1.62. The second-order valence-corrected chi connectivity index (χ2v) is 4.60. The van der Waals surface area contributed by atoms with Gasteiger partial charge in [0.05, 0.1) is 11.6 Å². The molecule has 1 aromatic heterocycles. The first-order valence-electron chi connectivity index (χ1n) is 5.46.